The van der Waals surface area contributed by atoms with Crippen molar-refractivity contribution in [2.75, 3.05) is 38.6 Å². The predicted molar refractivity (Wildman–Crippen MR) is 497 cm³/mol. The van der Waals surface area contributed by atoms with Gasteiger partial charge in [0, 0.05) is 101 Å². The SMILES string of the molecule is CCCCCCCCCCCCCCCC(=O)NS(=O)(=O)CCCC(=O)N[C@@H](CCC(=O)O)C(=O)N[C@@H](CO)C(=O)N[C@H](CCC(N)=O)C(=O)N[C@@H](Cc1c[nH]cn1)C(=O)N[C@@H](CO)C(=O)N[C@@H](CCCC)C(=O)N[C@H]1CCC(=O)NCCCC[C@@H](C(N)=O)NC(=O)[C@H](Cc2c[nH]c3ccccc23)NC(=O)[C@H](CCCNC(=N)N)NC(=O)[C@@H](Cc2ccccc2)NC(=O)[C@@H]2C[C@@H](O)CN2C1=O. The van der Waals surface area contributed by atoms with Crippen LogP contribution in [0.3, 0.4) is 0 Å². The van der Waals surface area contributed by atoms with Crippen LogP contribution in [0.1, 0.15) is 230 Å². The van der Waals surface area contributed by atoms with Crippen LogP contribution in [-0.4, -0.2) is 272 Å². The number of primary amides is 2. The van der Waals surface area contributed by atoms with Crippen molar-refractivity contribution in [3.8, 4) is 0 Å². The molecule has 136 heavy (non-hydrogen) atoms. The molecule has 752 valence electrons. The molecule has 0 spiro atoms. The molecular weight excluding hydrogens is 1790 g/mol. The normalized spacial score (nSPS) is 19.1. The quantitative estimate of drug-likeness (QED) is 0.0130. The summed E-state index contributed by atoms with van der Waals surface area (Å²) in [7, 11) is -4.22. The average molecular weight is 1930 g/mol. The Hall–Kier alpha value is -12.7. The molecule has 2 aliphatic heterocycles. The van der Waals surface area contributed by atoms with E-state index in [1.54, 1.807) is 67.7 Å². The number of hydrogen-bond donors (Lipinski definition) is 24. The van der Waals surface area contributed by atoms with Crippen LogP contribution >= 0.6 is 0 Å². The van der Waals surface area contributed by atoms with Gasteiger partial charge in [-0.25, -0.2) is 13.4 Å². The number of carbonyl (C=O) groups is 17. The number of rotatable bonds is 54. The van der Waals surface area contributed by atoms with Crippen LogP contribution in [0.15, 0.2) is 73.3 Å². The number of amides is 16. The van der Waals surface area contributed by atoms with Crippen molar-refractivity contribution in [2.24, 2.45) is 17.2 Å². The standard InChI is InChI=1S/C90H138N22O23S/c1-3-5-7-8-9-10-11-12-13-14-15-16-20-34-76(119)111-136(134,135)44-26-35-75(118)100-64(38-41-77(120)121)81(125)109-70(52-113)87(131)104-65(36-39-73(91)116)82(126)107-69(47-57-50-95-54-99-57)85(129)110-71(53-114)86(130)103-62(30-6-4-2)79(123)105-66-37-40-74(117)96-42-24-23-32-61(78(92)122)101-84(128)68(46-56-49-98-60-31-22-21-29-59(56)60)106-80(124)63(33-25-43-97-90(93)94)102-83(127)67(45-55-27-18-17-19-28-55)108-88(132)72-48-58(115)51-112(72)89(66)133/h17-19,21-22,27-29,31,49-50,54,58,61-72,98,113-115H,3-16,20,23-26,30,32-48,51-53H2,1-2H3,(H2,91,116)(H2,92,122)(H,95,99)(H,96,117)(H,100,118)(H,101,128)(H,102,127)(H,103,130)(H,104,131)(H,105,123)(H,106,124)(H,107,126)(H,108,132)(H,109,125)(H,110,129)(H,111,119)(H,120,121)(H4,93,94,97)/t58-,61+,62+,63+,64+,65-,66+,67-,68+,69+,70+,71+,72+/m1/s1. The van der Waals surface area contributed by atoms with Crippen molar-refractivity contribution in [1.82, 2.24) is 93.7 Å². The first-order valence-corrected chi connectivity index (χ1v) is 48.4. The van der Waals surface area contributed by atoms with Gasteiger partial charge in [0.15, 0.2) is 5.96 Å². The number of carbonyl (C=O) groups excluding carboxylic acids is 16. The van der Waals surface area contributed by atoms with Crippen molar-refractivity contribution < 1.29 is 110 Å². The van der Waals surface area contributed by atoms with Crippen LogP contribution in [0, 0.1) is 5.41 Å². The molecule has 0 unspecified atom stereocenters. The summed E-state index contributed by atoms with van der Waals surface area (Å²) in [6.07, 6.45) is 11.4. The summed E-state index contributed by atoms with van der Waals surface area (Å²) in [5, 5.41) is 83.5. The molecule has 6 rings (SSSR count). The fraction of sp³-hybridized carbons (Fsp3) is 0.611. The molecule has 13 atom stereocenters. The molecule has 0 saturated carbocycles. The van der Waals surface area contributed by atoms with Crippen molar-refractivity contribution in [1.29, 1.82) is 5.41 Å². The number of sulfonamides is 1. The number of aliphatic hydroxyl groups is 3. The van der Waals surface area contributed by atoms with E-state index in [4.69, 9.17) is 22.6 Å². The summed E-state index contributed by atoms with van der Waals surface area (Å²) in [6, 6.07) is -4.67. The highest BCUT2D eigenvalue weighted by Gasteiger charge is 2.45. The third-order valence-corrected chi connectivity index (χ3v) is 24.6. The van der Waals surface area contributed by atoms with E-state index in [0.29, 0.717) is 34.9 Å². The van der Waals surface area contributed by atoms with Gasteiger partial charge >= 0.3 is 5.97 Å². The minimum absolute atomic E-state index is 0.0347. The Bertz CT molecular complexity index is 4740. The second kappa shape index (κ2) is 59.9. The van der Waals surface area contributed by atoms with E-state index in [2.05, 4.69) is 91.0 Å². The number of nitrogens with zero attached hydrogens (tertiary/aromatic N) is 2. The molecule has 0 aliphatic carbocycles. The van der Waals surface area contributed by atoms with Gasteiger partial charge in [0.25, 0.3) is 0 Å². The van der Waals surface area contributed by atoms with Crippen LogP contribution < -0.4 is 91.0 Å². The van der Waals surface area contributed by atoms with E-state index in [0.717, 1.165) is 37.0 Å². The molecule has 4 aromatic rings. The third kappa shape index (κ3) is 40.8. The van der Waals surface area contributed by atoms with Crippen LogP contribution in [0.2, 0.25) is 0 Å². The fourth-order valence-corrected chi connectivity index (χ4v) is 16.7. The number of carboxylic acids is 1. The zero-order valence-electron chi connectivity index (χ0n) is 77.3. The summed E-state index contributed by atoms with van der Waals surface area (Å²) < 4.78 is 27.7. The highest BCUT2D eigenvalue weighted by atomic mass is 32.2. The molecule has 2 aromatic heterocycles. The van der Waals surface area contributed by atoms with Gasteiger partial charge in [0.05, 0.1) is 37.1 Å². The second-order valence-corrected chi connectivity index (χ2v) is 36.1. The zero-order valence-corrected chi connectivity index (χ0v) is 78.1. The minimum atomic E-state index is -4.22. The molecule has 16 amide bonds. The fourth-order valence-electron chi connectivity index (χ4n) is 15.7. The number of aromatic nitrogens is 3. The van der Waals surface area contributed by atoms with Crippen molar-refractivity contribution in [2.45, 2.75) is 311 Å². The predicted octanol–water partition coefficient (Wildman–Crippen LogP) is -1.95. The monoisotopic (exact) mass is 1930 g/mol. The number of unbranched alkanes of at least 4 members (excludes halogenated alkanes) is 13. The molecular formula is C90H138N22O23S. The summed E-state index contributed by atoms with van der Waals surface area (Å²) in [4.78, 5) is 249. The Morgan fingerprint density at radius 3 is 1.72 bits per heavy atom. The number of para-hydroxylation sites is 1. The van der Waals surface area contributed by atoms with Gasteiger partial charge in [0.1, 0.15) is 72.5 Å². The number of imidazole rings is 1. The Morgan fingerprint density at radius 2 is 1.11 bits per heavy atom. The van der Waals surface area contributed by atoms with Crippen LogP contribution in [-0.2, 0) is 111 Å². The lowest BCUT2D eigenvalue weighted by Crippen LogP contribution is -2.61. The number of nitrogens with two attached hydrogens (primary N) is 3. The molecule has 0 radical (unpaired) electrons. The lowest BCUT2D eigenvalue weighted by atomic mass is 10.0. The van der Waals surface area contributed by atoms with Crippen LogP contribution in [0.5, 0.6) is 0 Å². The number of nitrogens with one attached hydrogen (secondary N) is 17. The second-order valence-electron chi connectivity index (χ2n) is 34.3. The van der Waals surface area contributed by atoms with E-state index in [-0.39, 0.29) is 89.4 Å². The number of aromatic amines is 2. The van der Waals surface area contributed by atoms with Gasteiger partial charge in [-0.3, -0.25) is 91.6 Å². The van der Waals surface area contributed by atoms with Crippen LogP contribution in [0.4, 0.5) is 0 Å². The number of benzene rings is 2. The summed E-state index contributed by atoms with van der Waals surface area (Å²) in [6.45, 7) is 0.952. The lowest BCUT2D eigenvalue weighted by molar-refractivity contribution is -0.143. The van der Waals surface area contributed by atoms with Gasteiger partial charge in [-0.15, -0.1) is 0 Å². The van der Waals surface area contributed by atoms with Gasteiger partial charge in [-0.05, 0) is 87.8 Å². The molecule has 4 heterocycles. The summed E-state index contributed by atoms with van der Waals surface area (Å²) in [5.74, 6) is -18.8. The van der Waals surface area contributed by atoms with Crippen molar-refractivity contribution in [3.05, 3.63) is 90.1 Å². The molecule has 27 N–H and O–H groups in total. The number of carboxylic acid groups (broad SMARTS) is 1. The average Bonchev–Trinajstić information content (AvgIpc) is 1.65. The summed E-state index contributed by atoms with van der Waals surface area (Å²) >= 11 is 0. The van der Waals surface area contributed by atoms with E-state index in [9.17, 15) is 96.0 Å². The van der Waals surface area contributed by atoms with E-state index in [1.807, 2.05) is 4.72 Å². The van der Waals surface area contributed by atoms with E-state index >= 15 is 14.4 Å². The minimum Gasteiger partial charge on any atom is -0.481 e. The first-order chi connectivity index (χ1) is 65.0. The number of guanidine groups is 1. The molecule has 0 bridgehead atoms. The highest BCUT2D eigenvalue weighted by molar-refractivity contribution is 7.90. The van der Waals surface area contributed by atoms with Crippen molar-refractivity contribution >= 4 is 127 Å². The third-order valence-electron chi connectivity index (χ3n) is 23.2. The van der Waals surface area contributed by atoms with Gasteiger partial charge in [-0.2, -0.15) is 0 Å². The maximum atomic E-state index is 15.3. The molecule has 2 saturated heterocycles. The maximum absolute atomic E-state index is 15.3. The van der Waals surface area contributed by atoms with Crippen LogP contribution in [0.25, 0.3) is 10.9 Å². The number of aliphatic carboxylic acids is 1. The maximum Gasteiger partial charge on any atom is 0.303 e. The number of fused-ring (bicyclic) bond motifs is 2. The molecule has 2 fully saturated rings. The first kappa shape index (κ1) is 112. The summed E-state index contributed by atoms with van der Waals surface area (Å²) in [5.41, 5.74) is 18.8. The highest BCUT2D eigenvalue weighted by Crippen LogP contribution is 2.24. The Kier molecular flexibility index (Phi) is 49.3. The first-order valence-electron chi connectivity index (χ1n) is 46.8. The van der Waals surface area contributed by atoms with Gasteiger partial charge < -0.3 is 122 Å². The Labute approximate surface area is 789 Å². The van der Waals surface area contributed by atoms with E-state index < -0.39 is 278 Å². The van der Waals surface area contributed by atoms with Gasteiger partial charge in [-0.1, -0.05) is 152 Å². The Balaban J connectivity index is 1.17. The lowest BCUT2D eigenvalue weighted by Gasteiger charge is -2.31. The largest absolute Gasteiger partial charge is 0.481 e. The smallest absolute Gasteiger partial charge is 0.303 e. The molecule has 45 nitrogen and oxygen atoms in total. The van der Waals surface area contributed by atoms with Gasteiger partial charge in [0.2, 0.25) is 105 Å². The molecule has 2 aliphatic rings. The molecule has 46 heteroatoms. The number of hydrogen-bond acceptors (Lipinski definition) is 24. The molecule has 2 aromatic carbocycles. The number of H-pyrrole nitrogens is 2. The topological polar surface area (TPSA) is 723 Å². The van der Waals surface area contributed by atoms with Crippen molar-refractivity contribution in [3.63, 3.8) is 0 Å². The Morgan fingerprint density at radius 1 is 0.566 bits per heavy atom. The number of aliphatic hydroxyl groups excluding tert-OH is 3. The van der Waals surface area contributed by atoms with E-state index in [1.165, 1.54) is 57.5 Å². The zero-order chi connectivity index (χ0) is 99.7.